The number of nitrogens with zero attached hydrogens (tertiary/aromatic N) is 1. The standard InChI is InChI=1S/C20H44NO6Si/c1-9-13-15-21(16-14-10-2)17(5)24-20(8)27-28(25-18(6)22-11-3)26-19(7)23-12-4/h17-20H,9-16H2,1-8H3. The summed E-state index contributed by atoms with van der Waals surface area (Å²) in [6.45, 7) is 19.0. The molecule has 7 nitrogen and oxygen atoms in total. The SMILES string of the molecule is CCCCN(CCCC)C(C)OC(C)O[Si](OC(C)OCC)OC(C)OCC. The van der Waals surface area contributed by atoms with Crippen LogP contribution in [0.25, 0.3) is 0 Å². The van der Waals surface area contributed by atoms with Gasteiger partial charge in [-0.05, 0) is 54.4 Å². The van der Waals surface area contributed by atoms with Gasteiger partial charge in [0.15, 0.2) is 6.29 Å². The lowest BCUT2D eigenvalue weighted by Crippen LogP contribution is -2.43. The van der Waals surface area contributed by atoms with E-state index < -0.39 is 28.4 Å². The molecule has 4 atom stereocenters. The molecule has 0 spiro atoms. The Morgan fingerprint density at radius 2 is 1.11 bits per heavy atom. The largest absolute Gasteiger partial charge is 0.583 e. The summed E-state index contributed by atoms with van der Waals surface area (Å²) in [6, 6.07) is 0. The average molecular weight is 423 g/mol. The predicted molar refractivity (Wildman–Crippen MR) is 113 cm³/mol. The summed E-state index contributed by atoms with van der Waals surface area (Å²) in [5.41, 5.74) is 0. The summed E-state index contributed by atoms with van der Waals surface area (Å²) in [4.78, 5) is 2.37. The Bertz CT molecular complexity index is 331. The Labute approximate surface area is 174 Å². The minimum Gasteiger partial charge on any atom is -0.354 e. The van der Waals surface area contributed by atoms with Gasteiger partial charge in [-0.15, -0.1) is 0 Å². The van der Waals surface area contributed by atoms with Gasteiger partial charge in [-0.2, -0.15) is 0 Å². The topological polar surface area (TPSA) is 58.6 Å². The fraction of sp³-hybridized carbons (Fsp3) is 1.00. The highest BCUT2D eigenvalue weighted by atomic mass is 28.3. The van der Waals surface area contributed by atoms with Gasteiger partial charge in [0.25, 0.3) is 0 Å². The number of ether oxygens (including phenoxy) is 3. The lowest BCUT2D eigenvalue weighted by molar-refractivity contribution is -0.192. The van der Waals surface area contributed by atoms with E-state index in [0.29, 0.717) is 13.2 Å². The van der Waals surface area contributed by atoms with E-state index in [0.717, 1.165) is 25.9 Å². The third kappa shape index (κ3) is 14.0. The Balaban J connectivity index is 4.74. The van der Waals surface area contributed by atoms with Gasteiger partial charge in [0.2, 0.25) is 0 Å². The fourth-order valence-electron chi connectivity index (χ4n) is 2.62. The van der Waals surface area contributed by atoms with Crippen LogP contribution in [-0.2, 0) is 27.5 Å². The molecule has 0 saturated heterocycles. The maximum atomic E-state index is 6.11. The van der Waals surface area contributed by atoms with E-state index in [1.54, 1.807) is 0 Å². The first-order valence-electron chi connectivity index (χ1n) is 10.9. The predicted octanol–water partition coefficient (Wildman–Crippen LogP) is 4.40. The van der Waals surface area contributed by atoms with E-state index in [1.807, 2.05) is 34.6 Å². The molecule has 0 aromatic rings. The molecule has 0 heterocycles. The van der Waals surface area contributed by atoms with Crippen LogP contribution in [0.4, 0.5) is 0 Å². The van der Waals surface area contributed by atoms with E-state index in [4.69, 9.17) is 27.5 Å². The van der Waals surface area contributed by atoms with Gasteiger partial charge < -0.3 is 27.5 Å². The normalized spacial score (nSPS) is 16.5. The molecule has 169 valence electrons. The van der Waals surface area contributed by atoms with E-state index >= 15 is 0 Å². The van der Waals surface area contributed by atoms with Crippen molar-refractivity contribution in [3.05, 3.63) is 0 Å². The minimum atomic E-state index is -2.08. The van der Waals surface area contributed by atoms with Crippen LogP contribution >= 0.6 is 0 Å². The molecule has 0 N–H and O–H groups in total. The lowest BCUT2D eigenvalue weighted by atomic mass is 10.2. The van der Waals surface area contributed by atoms with Crippen molar-refractivity contribution in [2.24, 2.45) is 0 Å². The molecule has 0 aliphatic heterocycles. The average Bonchev–Trinajstić information content (AvgIpc) is 2.61. The van der Waals surface area contributed by atoms with Crippen molar-refractivity contribution in [2.45, 2.75) is 106 Å². The summed E-state index contributed by atoms with van der Waals surface area (Å²) in [7, 11) is -2.08. The number of hydrogen-bond acceptors (Lipinski definition) is 7. The highest BCUT2D eigenvalue weighted by Crippen LogP contribution is 2.12. The molecule has 0 fully saturated rings. The first-order valence-corrected chi connectivity index (χ1v) is 12.1. The number of unbranched alkanes of at least 4 members (excludes halogenated alkanes) is 2. The maximum Gasteiger partial charge on any atom is 0.583 e. The molecule has 0 aliphatic carbocycles. The van der Waals surface area contributed by atoms with E-state index in [-0.39, 0.29) is 6.23 Å². The van der Waals surface area contributed by atoms with Gasteiger partial charge in [-0.1, -0.05) is 26.7 Å². The van der Waals surface area contributed by atoms with Gasteiger partial charge in [-0.25, -0.2) is 0 Å². The summed E-state index contributed by atoms with van der Waals surface area (Å²) in [5, 5.41) is 0. The molecule has 0 rings (SSSR count). The molecule has 0 saturated carbocycles. The van der Waals surface area contributed by atoms with Crippen molar-refractivity contribution in [3.8, 4) is 0 Å². The van der Waals surface area contributed by atoms with Crippen LogP contribution in [0.5, 0.6) is 0 Å². The van der Waals surface area contributed by atoms with Gasteiger partial charge in [0.1, 0.15) is 18.8 Å². The molecule has 0 bridgehead atoms. The Hall–Kier alpha value is -0.0631. The van der Waals surface area contributed by atoms with Gasteiger partial charge in [0.05, 0.1) is 0 Å². The summed E-state index contributed by atoms with van der Waals surface area (Å²) in [6.07, 6.45) is 3.33. The maximum absolute atomic E-state index is 6.11. The van der Waals surface area contributed by atoms with Crippen molar-refractivity contribution in [1.29, 1.82) is 0 Å². The van der Waals surface area contributed by atoms with Crippen molar-refractivity contribution < 1.29 is 27.5 Å². The summed E-state index contributed by atoms with van der Waals surface area (Å²) >= 11 is 0. The van der Waals surface area contributed by atoms with Crippen LogP contribution in [0.15, 0.2) is 0 Å². The highest BCUT2D eigenvalue weighted by Gasteiger charge is 2.29. The van der Waals surface area contributed by atoms with E-state index in [1.165, 1.54) is 12.8 Å². The molecule has 4 unspecified atom stereocenters. The number of rotatable bonds is 19. The zero-order chi connectivity index (χ0) is 21.4. The second-order valence-corrected chi connectivity index (χ2v) is 7.90. The molecule has 8 heteroatoms. The van der Waals surface area contributed by atoms with E-state index in [2.05, 4.69) is 25.7 Å². The van der Waals surface area contributed by atoms with Gasteiger partial charge in [0, 0.05) is 26.3 Å². The van der Waals surface area contributed by atoms with Crippen molar-refractivity contribution in [3.63, 3.8) is 0 Å². The van der Waals surface area contributed by atoms with Crippen molar-refractivity contribution >= 4 is 9.53 Å². The van der Waals surface area contributed by atoms with Crippen molar-refractivity contribution in [2.75, 3.05) is 26.3 Å². The second-order valence-electron chi connectivity index (χ2n) is 6.70. The smallest absolute Gasteiger partial charge is 0.354 e. The van der Waals surface area contributed by atoms with Crippen LogP contribution in [0, 0.1) is 0 Å². The third-order valence-electron chi connectivity index (χ3n) is 4.09. The Kier molecular flexibility index (Phi) is 17.7. The molecule has 0 amide bonds. The zero-order valence-electron chi connectivity index (χ0n) is 19.4. The Morgan fingerprint density at radius 1 is 0.679 bits per heavy atom. The van der Waals surface area contributed by atoms with Crippen LogP contribution in [0.2, 0.25) is 0 Å². The molecule has 1 radical (unpaired) electrons. The fourth-order valence-corrected chi connectivity index (χ4v) is 3.79. The molecule has 0 aromatic heterocycles. The molecule has 28 heavy (non-hydrogen) atoms. The molecule has 0 aromatic carbocycles. The molecular weight excluding hydrogens is 378 g/mol. The first-order chi connectivity index (χ1) is 13.4. The monoisotopic (exact) mass is 422 g/mol. The van der Waals surface area contributed by atoms with Crippen molar-refractivity contribution in [1.82, 2.24) is 4.90 Å². The quantitative estimate of drug-likeness (QED) is 0.226. The zero-order valence-corrected chi connectivity index (χ0v) is 20.4. The molecule has 0 aliphatic rings. The summed E-state index contributed by atoms with van der Waals surface area (Å²) in [5.74, 6) is 0. The highest BCUT2D eigenvalue weighted by molar-refractivity contribution is 6.36. The van der Waals surface area contributed by atoms with Crippen LogP contribution in [0.3, 0.4) is 0 Å². The lowest BCUT2D eigenvalue weighted by Gasteiger charge is -2.32. The van der Waals surface area contributed by atoms with Crippen LogP contribution in [0.1, 0.15) is 81.1 Å². The third-order valence-corrected chi connectivity index (χ3v) is 5.66. The first kappa shape index (κ1) is 27.9. The van der Waals surface area contributed by atoms with Gasteiger partial charge in [-0.3, -0.25) is 4.90 Å². The van der Waals surface area contributed by atoms with Crippen LogP contribution in [-0.4, -0.2) is 65.8 Å². The Morgan fingerprint density at radius 3 is 1.50 bits per heavy atom. The van der Waals surface area contributed by atoms with E-state index in [9.17, 15) is 0 Å². The van der Waals surface area contributed by atoms with Gasteiger partial charge >= 0.3 is 9.53 Å². The summed E-state index contributed by atoms with van der Waals surface area (Å²) < 4.78 is 34.6. The second kappa shape index (κ2) is 17.8. The minimum absolute atomic E-state index is 0.0371. The number of hydrogen-bond donors (Lipinski definition) is 0. The molecular formula is C20H44NO6Si. The van der Waals surface area contributed by atoms with Crippen LogP contribution < -0.4 is 0 Å².